The maximum Gasteiger partial charge on any atom is 0.170 e. The number of benzene rings is 1. The molecule has 96 valence electrons. The predicted octanol–water partition coefficient (Wildman–Crippen LogP) is 3.49. The van der Waals surface area contributed by atoms with Crippen LogP contribution >= 0.6 is 23.4 Å². The number of nitrogens with one attached hydrogen (secondary N) is 1. The maximum absolute atomic E-state index is 6.27. The average Bonchev–Trinajstić information content (AvgIpc) is 2.85. The standard InChI is InChI=1S/C13H16ClN3S/c1-2-10(15)7-9-3-4-12(11(14)8-9)18-13-16-5-6-17-13/h3-6,8,10H,2,7,15H2,1H3,(H,16,17). The van der Waals surface area contributed by atoms with Gasteiger partial charge in [-0.3, -0.25) is 0 Å². The lowest BCUT2D eigenvalue weighted by Crippen LogP contribution is -2.21. The Morgan fingerprint density at radius 3 is 2.94 bits per heavy atom. The van der Waals surface area contributed by atoms with Gasteiger partial charge in [-0.1, -0.05) is 36.4 Å². The molecule has 0 aliphatic heterocycles. The molecule has 0 amide bonds. The van der Waals surface area contributed by atoms with E-state index in [2.05, 4.69) is 23.0 Å². The molecule has 2 rings (SSSR count). The number of nitrogens with two attached hydrogens (primary N) is 1. The molecule has 5 heteroatoms. The van der Waals surface area contributed by atoms with Gasteiger partial charge < -0.3 is 10.7 Å². The molecule has 18 heavy (non-hydrogen) atoms. The van der Waals surface area contributed by atoms with Crippen LogP contribution in [0.5, 0.6) is 0 Å². The van der Waals surface area contributed by atoms with E-state index in [4.69, 9.17) is 17.3 Å². The molecule has 2 aromatic rings. The predicted molar refractivity (Wildman–Crippen MR) is 76.1 cm³/mol. The molecule has 1 unspecified atom stereocenters. The van der Waals surface area contributed by atoms with Crippen LogP contribution in [0, 0.1) is 0 Å². The molecule has 1 aromatic heterocycles. The molecule has 0 spiro atoms. The zero-order valence-electron chi connectivity index (χ0n) is 10.2. The fourth-order valence-corrected chi connectivity index (χ4v) is 2.67. The van der Waals surface area contributed by atoms with Crippen molar-refractivity contribution in [2.45, 2.75) is 35.9 Å². The zero-order chi connectivity index (χ0) is 13.0. The number of hydrogen-bond acceptors (Lipinski definition) is 3. The maximum atomic E-state index is 6.27. The molecule has 0 bridgehead atoms. The van der Waals surface area contributed by atoms with E-state index in [9.17, 15) is 0 Å². The summed E-state index contributed by atoms with van der Waals surface area (Å²) in [7, 11) is 0. The van der Waals surface area contributed by atoms with Gasteiger partial charge in [0, 0.05) is 23.3 Å². The second kappa shape index (κ2) is 6.27. The summed E-state index contributed by atoms with van der Waals surface area (Å²) in [5.74, 6) is 0. The first-order valence-corrected chi connectivity index (χ1v) is 7.09. The third kappa shape index (κ3) is 3.51. The molecule has 0 saturated carbocycles. The lowest BCUT2D eigenvalue weighted by atomic mass is 10.1. The first-order valence-electron chi connectivity index (χ1n) is 5.90. The Morgan fingerprint density at radius 2 is 2.33 bits per heavy atom. The first kappa shape index (κ1) is 13.5. The topological polar surface area (TPSA) is 54.7 Å². The van der Waals surface area contributed by atoms with E-state index in [1.165, 1.54) is 17.3 Å². The van der Waals surface area contributed by atoms with Gasteiger partial charge in [0.1, 0.15) is 0 Å². The lowest BCUT2D eigenvalue weighted by molar-refractivity contribution is 0.646. The molecule has 1 atom stereocenters. The normalized spacial score (nSPS) is 12.6. The fourth-order valence-electron chi connectivity index (χ4n) is 1.61. The van der Waals surface area contributed by atoms with Crippen LogP contribution in [-0.4, -0.2) is 16.0 Å². The minimum atomic E-state index is 0.199. The highest BCUT2D eigenvalue weighted by molar-refractivity contribution is 7.99. The van der Waals surface area contributed by atoms with Crippen LogP contribution in [0.15, 0.2) is 40.6 Å². The first-order chi connectivity index (χ1) is 8.69. The Kier molecular flexibility index (Phi) is 4.69. The van der Waals surface area contributed by atoms with Crippen molar-refractivity contribution in [1.29, 1.82) is 0 Å². The van der Waals surface area contributed by atoms with Crippen molar-refractivity contribution in [2.24, 2.45) is 5.73 Å². The smallest absolute Gasteiger partial charge is 0.170 e. The van der Waals surface area contributed by atoms with Crippen LogP contribution in [0.4, 0.5) is 0 Å². The van der Waals surface area contributed by atoms with Crippen molar-refractivity contribution in [2.75, 3.05) is 0 Å². The van der Waals surface area contributed by atoms with Crippen molar-refractivity contribution in [3.8, 4) is 0 Å². The van der Waals surface area contributed by atoms with Gasteiger partial charge in [-0.05, 0) is 30.5 Å². The summed E-state index contributed by atoms with van der Waals surface area (Å²) < 4.78 is 0. The molecule has 0 radical (unpaired) electrons. The summed E-state index contributed by atoms with van der Waals surface area (Å²) >= 11 is 7.79. The summed E-state index contributed by atoms with van der Waals surface area (Å²) in [5.41, 5.74) is 7.12. The Morgan fingerprint density at radius 1 is 1.50 bits per heavy atom. The van der Waals surface area contributed by atoms with Crippen molar-refractivity contribution in [3.05, 3.63) is 41.2 Å². The highest BCUT2D eigenvalue weighted by atomic mass is 35.5. The van der Waals surface area contributed by atoms with Gasteiger partial charge in [-0.25, -0.2) is 4.98 Å². The fraction of sp³-hybridized carbons (Fsp3) is 0.308. The van der Waals surface area contributed by atoms with Crippen molar-refractivity contribution >= 4 is 23.4 Å². The van der Waals surface area contributed by atoms with Crippen LogP contribution in [0.1, 0.15) is 18.9 Å². The monoisotopic (exact) mass is 281 g/mol. The lowest BCUT2D eigenvalue weighted by Gasteiger charge is -2.10. The van der Waals surface area contributed by atoms with E-state index in [-0.39, 0.29) is 6.04 Å². The van der Waals surface area contributed by atoms with Gasteiger partial charge in [0.2, 0.25) is 0 Å². The number of aromatic nitrogens is 2. The van der Waals surface area contributed by atoms with Gasteiger partial charge in [0.25, 0.3) is 0 Å². The highest BCUT2D eigenvalue weighted by Gasteiger charge is 2.07. The van der Waals surface area contributed by atoms with E-state index in [0.29, 0.717) is 0 Å². The number of H-pyrrole nitrogens is 1. The van der Waals surface area contributed by atoms with Crippen LogP contribution < -0.4 is 5.73 Å². The van der Waals surface area contributed by atoms with Gasteiger partial charge >= 0.3 is 0 Å². The van der Waals surface area contributed by atoms with Gasteiger partial charge in [-0.2, -0.15) is 0 Å². The summed E-state index contributed by atoms with van der Waals surface area (Å²) in [4.78, 5) is 8.21. The molecule has 3 N–H and O–H groups in total. The average molecular weight is 282 g/mol. The number of nitrogens with zero attached hydrogens (tertiary/aromatic N) is 1. The summed E-state index contributed by atoms with van der Waals surface area (Å²) in [6, 6.07) is 6.28. The minimum absolute atomic E-state index is 0.199. The minimum Gasteiger partial charge on any atom is -0.339 e. The third-order valence-electron chi connectivity index (χ3n) is 2.70. The van der Waals surface area contributed by atoms with Crippen LogP contribution in [0.3, 0.4) is 0 Å². The molecule has 0 saturated heterocycles. The molecule has 0 aliphatic carbocycles. The van der Waals surface area contributed by atoms with E-state index in [1.807, 2.05) is 12.1 Å². The Labute approximate surface area is 116 Å². The van der Waals surface area contributed by atoms with Crippen molar-refractivity contribution in [3.63, 3.8) is 0 Å². The largest absolute Gasteiger partial charge is 0.339 e. The Hall–Kier alpha value is -0.970. The van der Waals surface area contributed by atoms with Crippen molar-refractivity contribution < 1.29 is 0 Å². The van der Waals surface area contributed by atoms with Gasteiger partial charge in [-0.15, -0.1) is 0 Å². The van der Waals surface area contributed by atoms with E-state index in [1.54, 1.807) is 12.4 Å². The molecule has 0 fully saturated rings. The second-order valence-electron chi connectivity index (χ2n) is 4.13. The Balaban J connectivity index is 2.10. The van der Waals surface area contributed by atoms with E-state index in [0.717, 1.165) is 27.9 Å². The van der Waals surface area contributed by atoms with Crippen LogP contribution in [-0.2, 0) is 6.42 Å². The van der Waals surface area contributed by atoms with E-state index < -0.39 is 0 Å². The Bertz CT molecular complexity index is 499. The van der Waals surface area contributed by atoms with E-state index >= 15 is 0 Å². The molecule has 1 aromatic carbocycles. The summed E-state index contributed by atoms with van der Waals surface area (Å²) in [6.07, 6.45) is 5.36. The highest BCUT2D eigenvalue weighted by Crippen LogP contribution is 2.32. The summed E-state index contributed by atoms with van der Waals surface area (Å²) in [5, 5.41) is 1.59. The number of imidazole rings is 1. The second-order valence-corrected chi connectivity index (χ2v) is 5.57. The zero-order valence-corrected chi connectivity index (χ0v) is 11.8. The summed E-state index contributed by atoms with van der Waals surface area (Å²) in [6.45, 7) is 2.09. The van der Waals surface area contributed by atoms with Crippen LogP contribution in [0.2, 0.25) is 5.02 Å². The number of aromatic amines is 1. The molecule has 0 aliphatic rings. The molecule has 3 nitrogen and oxygen atoms in total. The number of rotatable bonds is 5. The SMILES string of the molecule is CCC(N)Cc1ccc(Sc2ncc[nH]2)c(Cl)c1. The molecular weight excluding hydrogens is 266 g/mol. The van der Waals surface area contributed by atoms with Crippen molar-refractivity contribution in [1.82, 2.24) is 9.97 Å². The number of hydrogen-bond donors (Lipinski definition) is 2. The quantitative estimate of drug-likeness (QED) is 0.882. The third-order valence-corrected chi connectivity index (χ3v) is 4.12. The molecular formula is C13H16ClN3S. The number of halogens is 1. The van der Waals surface area contributed by atoms with Gasteiger partial charge in [0.05, 0.1) is 5.02 Å². The van der Waals surface area contributed by atoms with Crippen LogP contribution in [0.25, 0.3) is 0 Å². The van der Waals surface area contributed by atoms with Gasteiger partial charge in [0.15, 0.2) is 5.16 Å². The molecule has 1 heterocycles.